The summed E-state index contributed by atoms with van der Waals surface area (Å²) in [5.74, 6) is -1.84. The minimum absolute atomic E-state index is 0.000346. The number of rotatable bonds is 1. The van der Waals surface area contributed by atoms with E-state index in [-0.39, 0.29) is 34.0 Å². The molecule has 5 aliphatic rings. The molecule has 0 aromatic heterocycles. The largest absolute Gasteiger partial charge is 0.481 e. The molecule has 5 aliphatic carbocycles. The van der Waals surface area contributed by atoms with E-state index >= 15 is 0 Å². The first-order chi connectivity index (χ1) is 16.0. The SMILES string of the molecule is C[C@H]1[C@H](C)CC[C@]2(C(=O)O)CC[C@]3(C)C(=CC[C@@H]4[C@]5(C)[C@@H](CC[C@]43C)C(C)(C)CC(O)C5(O)O)[C@H]12. The minimum Gasteiger partial charge on any atom is -0.481 e. The van der Waals surface area contributed by atoms with Crippen LogP contribution in [0.3, 0.4) is 0 Å². The minimum atomic E-state index is -2.15. The molecule has 0 aromatic carbocycles. The van der Waals surface area contributed by atoms with Gasteiger partial charge in [-0.25, -0.2) is 0 Å². The highest BCUT2D eigenvalue weighted by molar-refractivity contribution is 5.76. The van der Waals surface area contributed by atoms with Crippen LogP contribution in [0.1, 0.15) is 99.8 Å². The fourth-order valence-corrected chi connectivity index (χ4v) is 11.0. The van der Waals surface area contributed by atoms with Crippen molar-refractivity contribution in [2.45, 2.75) is 112 Å². The van der Waals surface area contributed by atoms with E-state index in [0.717, 1.165) is 32.1 Å². The molecule has 0 aliphatic heterocycles. The number of aliphatic carboxylic acids is 1. The number of carboxylic acids is 1. The molecule has 10 atom stereocenters. The molecule has 1 unspecified atom stereocenters. The number of carbonyl (C=O) groups is 1. The zero-order valence-corrected chi connectivity index (χ0v) is 22.9. The van der Waals surface area contributed by atoms with Gasteiger partial charge in [0.1, 0.15) is 6.10 Å². The molecule has 0 heterocycles. The van der Waals surface area contributed by atoms with Gasteiger partial charge in [-0.05, 0) is 97.2 Å². The van der Waals surface area contributed by atoms with Crippen molar-refractivity contribution in [1.29, 1.82) is 0 Å². The highest BCUT2D eigenvalue weighted by atomic mass is 16.5. The van der Waals surface area contributed by atoms with Crippen molar-refractivity contribution in [3.05, 3.63) is 11.6 Å². The molecule has 0 bridgehead atoms. The molecule has 35 heavy (non-hydrogen) atoms. The molecule has 198 valence electrons. The van der Waals surface area contributed by atoms with Crippen LogP contribution in [0.25, 0.3) is 0 Å². The molecule has 0 radical (unpaired) electrons. The summed E-state index contributed by atoms with van der Waals surface area (Å²) in [6.07, 6.45) is 7.40. The quantitative estimate of drug-likeness (QED) is 0.293. The van der Waals surface area contributed by atoms with Gasteiger partial charge < -0.3 is 20.4 Å². The zero-order valence-electron chi connectivity index (χ0n) is 22.9. The van der Waals surface area contributed by atoms with Crippen molar-refractivity contribution in [3.8, 4) is 0 Å². The second-order valence-corrected chi connectivity index (χ2v) is 14.8. The van der Waals surface area contributed by atoms with Gasteiger partial charge in [-0.1, -0.05) is 60.1 Å². The first-order valence-electron chi connectivity index (χ1n) is 14.1. The lowest BCUT2D eigenvalue weighted by molar-refractivity contribution is -0.373. The van der Waals surface area contributed by atoms with Crippen LogP contribution in [0.15, 0.2) is 11.6 Å². The normalized spacial score (nSPS) is 54.4. The molecule has 0 spiro atoms. The van der Waals surface area contributed by atoms with Crippen LogP contribution in [-0.2, 0) is 4.79 Å². The van der Waals surface area contributed by atoms with Crippen molar-refractivity contribution in [2.24, 2.45) is 56.7 Å². The summed E-state index contributed by atoms with van der Waals surface area (Å²) < 4.78 is 0. The topological polar surface area (TPSA) is 98.0 Å². The van der Waals surface area contributed by atoms with Gasteiger partial charge in [-0.3, -0.25) is 4.79 Å². The van der Waals surface area contributed by atoms with Crippen LogP contribution >= 0.6 is 0 Å². The van der Waals surface area contributed by atoms with E-state index in [1.54, 1.807) is 0 Å². The Morgan fingerprint density at radius 1 is 0.943 bits per heavy atom. The predicted molar refractivity (Wildman–Crippen MR) is 135 cm³/mol. The van der Waals surface area contributed by atoms with Crippen LogP contribution in [0.5, 0.6) is 0 Å². The van der Waals surface area contributed by atoms with Crippen molar-refractivity contribution in [2.75, 3.05) is 0 Å². The summed E-state index contributed by atoms with van der Waals surface area (Å²) >= 11 is 0. The second kappa shape index (κ2) is 7.35. The monoisotopic (exact) mass is 488 g/mol. The van der Waals surface area contributed by atoms with Crippen LogP contribution < -0.4 is 0 Å². The lowest BCUT2D eigenvalue weighted by atomic mass is 9.32. The molecule has 0 saturated heterocycles. The Bertz CT molecular complexity index is 952. The molecule has 5 heteroatoms. The average Bonchev–Trinajstić information content (AvgIpc) is 2.75. The maximum absolute atomic E-state index is 12.8. The third-order valence-electron chi connectivity index (χ3n) is 13.5. The Hall–Kier alpha value is -0.910. The van der Waals surface area contributed by atoms with E-state index < -0.39 is 28.7 Å². The summed E-state index contributed by atoms with van der Waals surface area (Å²) in [5, 5.41) is 44.6. The molecule has 0 amide bonds. The molecule has 4 N–H and O–H groups in total. The summed E-state index contributed by atoms with van der Waals surface area (Å²) in [4.78, 5) is 12.8. The van der Waals surface area contributed by atoms with Gasteiger partial charge in [0.05, 0.1) is 5.41 Å². The number of aliphatic hydroxyl groups excluding tert-OH is 1. The summed E-state index contributed by atoms with van der Waals surface area (Å²) in [7, 11) is 0. The van der Waals surface area contributed by atoms with Gasteiger partial charge in [0.25, 0.3) is 0 Å². The third-order valence-corrected chi connectivity index (χ3v) is 13.5. The first-order valence-corrected chi connectivity index (χ1v) is 14.1. The predicted octanol–water partition coefficient (Wildman–Crippen LogP) is 5.38. The Kier molecular flexibility index (Phi) is 5.40. The van der Waals surface area contributed by atoms with Gasteiger partial charge in [-0.15, -0.1) is 0 Å². The van der Waals surface area contributed by atoms with Gasteiger partial charge >= 0.3 is 5.97 Å². The Balaban J connectivity index is 1.67. The van der Waals surface area contributed by atoms with Crippen LogP contribution in [0, 0.1) is 56.7 Å². The van der Waals surface area contributed by atoms with Gasteiger partial charge in [0.2, 0.25) is 0 Å². The smallest absolute Gasteiger partial charge is 0.310 e. The van der Waals surface area contributed by atoms with E-state index in [1.165, 1.54) is 5.57 Å². The Morgan fingerprint density at radius 2 is 1.60 bits per heavy atom. The van der Waals surface area contributed by atoms with Crippen molar-refractivity contribution in [1.82, 2.24) is 0 Å². The maximum Gasteiger partial charge on any atom is 0.310 e. The van der Waals surface area contributed by atoms with E-state index in [9.17, 15) is 25.2 Å². The van der Waals surface area contributed by atoms with Gasteiger partial charge in [0.15, 0.2) is 5.79 Å². The number of carboxylic acid groups (broad SMARTS) is 1. The first kappa shape index (κ1) is 25.7. The van der Waals surface area contributed by atoms with Gasteiger partial charge in [0, 0.05) is 5.41 Å². The second-order valence-electron chi connectivity index (χ2n) is 14.8. The molecule has 4 saturated carbocycles. The number of allylic oxidation sites excluding steroid dienone is 2. The van der Waals surface area contributed by atoms with Crippen molar-refractivity contribution < 1.29 is 25.2 Å². The molecular formula is C30H48O5. The lowest BCUT2D eigenvalue weighted by Crippen LogP contribution is -2.73. The molecular weight excluding hydrogens is 440 g/mol. The lowest BCUT2D eigenvalue weighted by Gasteiger charge is -2.73. The van der Waals surface area contributed by atoms with E-state index in [1.807, 2.05) is 6.92 Å². The Labute approximate surface area is 211 Å². The highest BCUT2D eigenvalue weighted by Crippen LogP contribution is 2.76. The molecule has 5 nitrogen and oxygen atoms in total. The fourth-order valence-electron chi connectivity index (χ4n) is 11.0. The Morgan fingerprint density at radius 3 is 2.23 bits per heavy atom. The van der Waals surface area contributed by atoms with E-state index in [0.29, 0.717) is 31.1 Å². The third kappa shape index (κ3) is 2.84. The standard InChI is InChI=1S/C30H48O5/c1-17-10-13-29(24(32)33)15-14-26(5)19(23(29)18(17)2)8-9-21-27(26,6)12-11-20-25(3,4)16-22(31)30(34,35)28(20,21)7/h8,17-18,20-23,31,34-35H,9-16H2,1-7H3,(H,32,33)/t17-,18+,20+,21+,22?,23+,26-,27-,28+,29+/m1/s1. The van der Waals surface area contributed by atoms with Crippen LogP contribution in [0.4, 0.5) is 0 Å². The fraction of sp³-hybridized carbons (Fsp3) is 0.900. The van der Waals surface area contributed by atoms with Crippen LogP contribution in [-0.4, -0.2) is 38.3 Å². The summed E-state index contributed by atoms with van der Waals surface area (Å²) in [6.45, 7) is 15.6. The summed E-state index contributed by atoms with van der Waals surface area (Å²) in [5.41, 5.74) is -0.767. The van der Waals surface area contributed by atoms with E-state index in [4.69, 9.17) is 0 Å². The van der Waals surface area contributed by atoms with E-state index in [2.05, 4.69) is 47.6 Å². The van der Waals surface area contributed by atoms with Crippen molar-refractivity contribution in [3.63, 3.8) is 0 Å². The molecule has 5 rings (SSSR count). The average molecular weight is 489 g/mol. The van der Waals surface area contributed by atoms with Crippen LogP contribution in [0.2, 0.25) is 0 Å². The van der Waals surface area contributed by atoms with Crippen molar-refractivity contribution >= 4 is 5.97 Å². The molecule has 4 fully saturated rings. The van der Waals surface area contributed by atoms with Gasteiger partial charge in [-0.2, -0.15) is 0 Å². The number of hydrogen-bond acceptors (Lipinski definition) is 4. The highest BCUT2D eigenvalue weighted by Gasteiger charge is 2.74. The number of aliphatic hydroxyl groups is 3. The number of hydrogen-bond donors (Lipinski definition) is 4. The molecule has 0 aromatic rings. The summed E-state index contributed by atoms with van der Waals surface area (Å²) in [6, 6.07) is 0. The maximum atomic E-state index is 12.8. The number of fused-ring (bicyclic) bond motifs is 7. The zero-order chi connectivity index (χ0) is 26.0.